The number of nitrogens with zero attached hydrogens (tertiary/aromatic N) is 3. The van der Waals surface area contributed by atoms with Crippen LogP contribution in [0.5, 0.6) is 0 Å². The molecule has 2 saturated heterocycles. The van der Waals surface area contributed by atoms with Gasteiger partial charge in [0.15, 0.2) is 11.9 Å². The molecule has 17 N–H and O–H groups in total. The number of rotatable bonds is 15. The molecule has 2 fully saturated rings. The summed E-state index contributed by atoms with van der Waals surface area (Å²) >= 11 is 1.44. The van der Waals surface area contributed by atoms with Crippen LogP contribution in [0.4, 0.5) is 0 Å². The van der Waals surface area contributed by atoms with Gasteiger partial charge in [-0.3, -0.25) is 53.1 Å². The number of guanidine groups is 2. The molecule has 0 radical (unpaired) electrons. The first-order valence-electron chi connectivity index (χ1n) is 22.0. The van der Waals surface area contributed by atoms with Crippen LogP contribution in [0.25, 0.3) is 0 Å². The summed E-state index contributed by atoms with van der Waals surface area (Å²) in [5, 5.41) is 18.7. The van der Waals surface area contributed by atoms with Gasteiger partial charge in [0.2, 0.25) is 53.2 Å². The van der Waals surface area contributed by atoms with Crippen molar-refractivity contribution in [3.05, 3.63) is 0 Å². The van der Waals surface area contributed by atoms with Gasteiger partial charge in [-0.05, 0) is 83.1 Å². The van der Waals surface area contributed by atoms with Crippen molar-refractivity contribution < 1.29 is 43.2 Å². The highest BCUT2D eigenvalue weighted by Crippen LogP contribution is 2.39. The molecule has 378 valence electrons. The van der Waals surface area contributed by atoms with Crippen molar-refractivity contribution in [2.45, 2.75) is 133 Å². The minimum absolute atomic E-state index is 0.00159. The number of fused-ring (bicyclic) bond motifs is 1. The number of thioether (sulfide) groups is 1. The monoisotopic (exact) mass is 1000 g/mol. The molecule has 2 aliphatic heterocycles. The molecule has 0 aromatic carbocycles. The third kappa shape index (κ3) is 20.7. The molecular formula is C40H71N15O9S3. The summed E-state index contributed by atoms with van der Waals surface area (Å²) in [6, 6.07) is -8.33. The molecule has 0 aliphatic carbocycles. The average molecular weight is 1000 g/mol. The maximum Gasteiger partial charge on any atom is 0.245 e. The first kappa shape index (κ1) is 57.9. The fourth-order valence-electron chi connectivity index (χ4n) is 7.10. The zero-order valence-electron chi connectivity index (χ0n) is 39.1. The van der Waals surface area contributed by atoms with Gasteiger partial charge in [-0.1, -0.05) is 35.4 Å². The molecule has 2 heterocycles. The molecule has 0 aromatic rings. The van der Waals surface area contributed by atoms with Gasteiger partial charge in [0.25, 0.3) is 0 Å². The highest BCUT2D eigenvalue weighted by molar-refractivity contribution is 8.77. The van der Waals surface area contributed by atoms with Crippen LogP contribution in [-0.2, 0) is 43.2 Å². The van der Waals surface area contributed by atoms with E-state index in [1.54, 1.807) is 13.8 Å². The molecule has 0 aromatic heterocycles. The molecule has 67 heavy (non-hydrogen) atoms. The number of carbonyl (C=O) groups excluding carboxylic acids is 9. The zero-order chi connectivity index (χ0) is 50.4. The van der Waals surface area contributed by atoms with Gasteiger partial charge in [0, 0.05) is 37.1 Å². The number of hydrogen-bond donors (Lipinski definition) is 12. The van der Waals surface area contributed by atoms with E-state index in [-0.39, 0.29) is 88.2 Å². The molecule has 2 rings (SSSR count). The van der Waals surface area contributed by atoms with Crippen molar-refractivity contribution in [2.24, 2.45) is 44.6 Å². The predicted molar refractivity (Wildman–Crippen MR) is 261 cm³/mol. The fraction of sp³-hybridized carbons (Fsp3) is 0.725. The van der Waals surface area contributed by atoms with Gasteiger partial charge in [-0.2, -0.15) is 11.8 Å². The third-order valence-corrected chi connectivity index (χ3v) is 14.4. The lowest BCUT2D eigenvalue weighted by atomic mass is 10.0. The summed E-state index contributed by atoms with van der Waals surface area (Å²) in [5.74, 6) is -6.49. The van der Waals surface area contributed by atoms with E-state index in [0.29, 0.717) is 12.2 Å². The normalized spacial score (nSPS) is 25.3. The Morgan fingerprint density at radius 2 is 1.34 bits per heavy atom. The Bertz CT molecular complexity index is 1810. The van der Waals surface area contributed by atoms with Crippen molar-refractivity contribution >= 4 is 98.4 Å². The summed E-state index contributed by atoms with van der Waals surface area (Å²) < 4.78 is -1.10. The first-order chi connectivity index (χ1) is 31.5. The molecule has 0 bridgehead atoms. The van der Waals surface area contributed by atoms with E-state index < -0.39 is 107 Å². The van der Waals surface area contributed by atoms with Crippen molar-refractivity contribution in [2.75, 3.05) is 43.9 Å². The Kier molecular flexibility index (Phi) is 25.0. The first-order valence-corrected chi connectivity index (χ1v) is 25.7. The highest BCUT2D eigenvalue weighted by atomic mass is 33.1. The number of aliphatic imine (C=N–C) groups is 2. The second-order valence-electron chi connectivity index (χ2n) is 17.1. The average Bonchev–Trinajstić information content (AvgIpc) is 3.74. The number of primary amides is 1. The molecule has 9 amide bonds. The highest BCUT2D eigenvalue weighted by Gasteiger charge is 2.42. The second kappa shape index (κ2) is 28.9. The lowest BCUT2D eigenvalue weighted by molar-refractivity contribution is -0.142. The smallest absolute Gasteiger partial charge is 0.245 e. The van der Waals surface area contributed by atoms with Crippen LogP contribution in [0.15, 0.2) is 9.98 Å². The van der Waals surface area contributed by atoms with Gasteiger partial charge in [-0.15, -0.1) is 0 Å². The van der Waals surface area contributed by atoms with Gasteiger partial charge in [-0.25, -0.2) is 0 Å². The van der Waals surface area contributed by atoms with E-state index in [4.69, 9.17) is 28.7 Å². The maximum absolute atomic E-state index is 14.4. The van der Waals surface area contributed by atoms with Crippen LogP contribution in [0, 0.1) is 5.92 Å². The summed E-state index contributed by atoms with van der Waals surface area (Å²) in [4.78, 5) is 132. The number of nitrogens with two attached hydrogens (primary N) is 5. The Hall–Kier alpha value is -5.18. The fourth-order valence-corrected chi connectivity index (χ4v) is 10.4. The summed E-state index contributed by atoms with van der Waals surface area (Å²) in [7, 11) is 2.20. The Labute approximate surface area is 403 Å². The van der Waals surface area contributed by atoms with E-state index in [9.17, 15) is 43.2 Å². The molecular weight excluding hydrogens is 931 g/mol. The van der Waals surface area contributed by atoms with Crippen LogP contribution in [0.2, 0.25) is 0 Å². The van der Waals surface area contributed by atoms with Crippen LogP contribution in [0.3, 0.4) is 0 Å². The molecule has 7 atom stereocenters. The molecule has 24 nitrogen and oxygen atoms in total. The summed E-state index contributed by atoms with van der Waals surface area (Å²) in [6.07, 6.45) is 3.26. The SMILES string of the molecule is CSCC[C@@H]1NC(=O)[C@H](NC(C)=O)C(C)(C)SSC[C@@H](C(N)=O)NC(=O)CNC(=O)[C@H](CCCN=C(N)N)NC(=O)[C@H](CC(C)C)NC(=O)[C@H](CCCN=C(N)N)NC(=O)[C@@H]2CCCN2C1=O. The third-order valence-electron chi connectivity index (χ3n) is 10.5. The minimum atomic E-state index is -1.25. The van der Waals surface area contributed by atoms with Crippen molar-refractivity contribution in [1.29, 1.82) is 0 Å². The van der Waals surface area contributed by atoms with Gasteiger partial charge >= 0.3 is 0 Å². The number of hydrogen-bond acceptors (Lipinski definition) is 14. The molecule has 0 unspecified atom stereocenters. The predicted octanol–water partition coefficient (Wildman–Crippen LogP) is -3.41. The van der Waals surface area contributed by atoms with Crippen molar-refractivity contribution in [3.8, 4) is 0 Å². The quantitative estimate of drug-likeness (QED) is 0.0329. The Morgan fingerprint density at radius 3 is 1.90 bits per heavy atom. The summed E-state index contributed by atoms with van der Waals surface area (Å²) in [6.45, 7) is 7.97. The molecule has 2 aliphatic rings. The van der Waals surface area contributed by atoms with Crippen LogP contribution >= 0.6 is 33.3 Å². The molecule has 0 spiro atoms. The lowest BCUT2D eigenvalue weighted by Crippen LogP contribution is -2.61. The summed E-state index contributed by atoms with van der Waals surface area (Å²) in [5.41, 5.74) is 27.6. The van der Waals surface area contributed by atoms with Crippen LogP contribution in [-0.4, -0.2) is 161 Å². The van der Waals surface area contributed by atoms with Crippen LogP contribution < -0.4 is 65.9 Å². The topological polar surface area (TPSA) is 396 Å². The van der Waals surface area contributed by atoms with Gasteiger partial charge in [0.05, 0.1) is 6.54 Å². The van der Waals surface area contributed by atoms with E-state index in [1.807, 2.05) is 20.1 Å². The minimum Gasteiger partial charge on any atom is -0.370 e. The van der Waals surface area contributed by atoms with E-state index >= 15 is 0 Å². The van der Waals surface area contributed by atoms with Crippen LogP contribution in [0.1, 0.15) is 86.0 Å². The number of carbonyl (C=O) groups is 9. The van der Waals surface area contributed by atoms with E-state index in [1.165, 1.54) is 23.6 Å². The zero-order valence-corrected chi connectivity index (χ0v) is 41.6. The number of nitrogens with one attached hydrogen (secondary N) is 7. The van der Waals surface area contributed by atoms with Gasteiger partial charge < -0.3 is 70.8 Å². The molecule has 27 heteroatoms. The lowest BCUT2D eigenvalue weighted by Gasteiger charge is -2.35. The Morgan fingerprint density at radius 1 is 0.791 bits per heavy atom. The van der Waals surface area contributed by atoms with Crippen molar-refractivity contribution in [3.63, 3.8) is 0 Å². The second-order valence-corrected chi connectivity index (χ2v) is 21.1. The van der Waals surface area contributed by atoms with E-state index in [0.717, 1.165) is 21.6 Å². The maximum atomic E-state index is 14.4. The standard InChI is InChI=1S/C40H71N15O9S3/c1-21(2)18-26-34(61)51-23(10-7-14-46-38(42)43)32(59)48-19-29(57)50-27(31(41)58)20-66-67-40(4,5)30(49-22(3)56)36(63)53-25(13-17-65-6)37(64)55-16-9-12-28(55)35(62)52-24(33(60)54-26)11-8-15-47-39(44)45/h21,23-28,30H,7-20H2,1-6H3,(H2,41,58)(H,48,59)(H,49,56)(H,50,57)(H,51,61)(H,52,62)(H,53,63)(H,54,60)(H4,42,43,46)(H4,44,45,47)/t23-,24-,25-,26-,27-,28-,30-/m0/s1. The Balaban J connectivity index is 2.68. The van der Waals surface area contributed by atoms with Crippen molar-refractivity contribution in [1.82, 2.24) is 42.1 Å². The van der Waals surface area contributed by atoms with Gasteiger partial charge in [0.1, 0.15) is 42.3 Å². The number of amides is 9. The molecule has 0 saturated carbocycles. The largest absolute Gasteiger partial charge is 0.370 e. The van der Waals surface area contributed by atoms with E-state index in [2.05, 4.69) is 47.2 Å².